The zero-order chi connectivity index (χ0) is 11.7. The summed E-state index contributed by atoms with van der Waals surface area (Å²) in [6, 6.07) is -0.405. The van der Waals surface area contributed by atoms with Crippen LogP contribution in [0, 0.1) is 5.92 Å². The minimum atomic E-state index is -0.405. The van der Waals surface area contributed by atoms with Crippen LogP contribution in [0.1, 0.15) is 26.2 Å². The van der Waals surface area contributed by atoms with E-state index in [4.69, 9.17) is 4.74 Å². The lowest BCUT2D eigenvalue weighted by Crippen LogP contribution is -2.49. The molecule has 0 aromatic carbocycles. The molecule has 0 radical (unpaired) electrons. The van der Waals surface area contributed by atoms with Crippen LogP contribution in [-0.4, -0.2) is 48.1 Å². The topological polar surface area (TPSA) is 49.9 Å². The molecule has 0 aromatic rings. The number of hydrogen-bond acceptors (Lipinski definition) is 4. The van der Waals surface area contributed by atoms with Gasteiger partial charge in [-0.1, -0.05) is 6.92 Å². The minimum absolute atomic E-state index is 0.00950. The van der Waals surface area contributed by atoms with E-state index in [1.54, 1.807) is 5.01 Å². The maximum Gasteiger partial charge on any atom is 0.330 e. The highest BCUT2D eigenvalue weighted by atomic mass is 16.5. The molecule has 2 fully saturated rings. The van der Waals surface area contributed by atoms with Crippen LogP contribution in [0.2, 0.25) is 0 Å². The Morgan fingerprint density at radius 3 is 2.81 bits per heavy atom. The molecule has 2 heterocycles. The number of hydrazine groups is 1. The predicted octanol–water partition coefficient (Wildman–Crippen LogP) is 0.407. The molecule has 0 spiro atoms. The quantitative estimate of drug-likeness (QED) is 0.608. The zero-order valence-corrected chi connectivity index (χ0v) is 9.81. The van der Waals surface area contributed by atoms with E-state index in [-0.39, 0.29) is 17.8 Å². The number of carbonyl (C=O) groups excluding carboxylic acids is 2. The van der Waals surface area contributed by atoms with Crippen molar-refractivity contribution in [2.45, 2.75) is 32.2 Å². The van der Waals surface area contributed by atoms with Gasteiger partial charge in [-0.05, 0) is 19.3 Å². The summed E-state index contributed by atoms with van der Waals surface area (Å²) in [5.74, 6) is -0.231. The number of methoxy groups -OCH3 is 1. The standard InChI is InChI=1S/C11H18N2O3/c1-8-4-3-6-12-7-5-9(11(15)16-2)13(12)10(8)14/h8-9H,3-7H2,1-2H3/t8-,9-/m0/s1. The summed E-state index contributed by atoms with van der Waals surface area (Å²) in [7, 11) is 1.37. The summed E-state index contributed by atoms with van der Waals surface area (Å²) in [5, 5.41) is 3.62. The Morgan fingerprint density at radius 2 is 2.12 bits per heavy atom. The lowest BCUT2D eigenvalue weighted by atomic mass is 10.0. The molecule has 5 nitrogen and oxygen atoms in total. The Hall–Kier alpha value is -1.10. The predicted molar refractivity (Wildman–Crippen MR) is 57.2 cm³/mol. The van der Waals surface area contributed by atoms with E-state index >= 15 is 0 Å². The van der Waals surface area contributed by atoms with Crippen LogP contribution in [0.25, 0.3) is 0 Å². The highest BCUT2D eigenvalue weighted by Crippen LogP contribution is 2.27. The van der Waals surface area contributed by atoms with Gasteiger partial charge in [0.1, 0.15) is 6.04 Å². The second-order valence-corrected chi connectivity index (χ2v) is 4.51. The lowest BCUT2D eigenvalue weighted by molar-refractivity contribution is -0.162. The third-order valence-electron chi connectivity index (χ3n) is 3.43. The fourth-order valence-corrected chi connectivity index (χ4v) is 2.49. The summed E-state index contributed by atoms with van der Waals surface area (Å²) in [6.07, 6.45) is 2.60. The van der Waals surface area contributed by atoms with Crippen molar-refractivity contribution in [1.82, 2.24) is 10.0 Å². The Bertz CT molecular complexity index is 306. The van der Waals surface area contributed by atoms with Gasteiger partial charge in [-0.25, -0.2) is 9.80 Å². The van der Waals surface area contributed by atoms with Crippen LogP contribution in [0.15, 0.2) is 0 Å². The van der Waals surface area contributed by atoms with Gasteiger partial charge < -0.3 is 4.74 Å². The van der Waals surface area contributed by atoms with E-state index in [0.717, 1.165) is 25.9 Å². The molecule has 0 aromatic heterocycles. The molecule has 90 valence electrons. The minimum Gasteiger partial charge on any atom is -0.467 e. The van der Waals surface area contributed by atoms with Crippen molar-refractivity contribution in [2.75, 3.05) is 20.2 Å². The van der Waals surface area contributed by atoms with E-state index in [0.29, 0.717) is 6.42 Å². The van der Waals surface area contributed by atoms with Crippen molar-refractivity contribution >= 4 is 11.9 Å². The van der Waals surface area contributed by atoms with Crippen LogP contribution in [0.5, 0.6) is 0 Å². The van der Waals surface area contributed by atoms with Gasteiger partial charge >= 0.3 is 5.97 Å². The first-order chi connectivity index (χ1) is 7.65. The van der Waals surface area contributed by atoms with Crippen LogP contribution in [0.4, 0.5) is 0 Å². The van der Waals surface area contributed by atoms with Crippen molar-refractivity contribution in [3.05, 3.63) is 0 Å². The highest BCUT2D eigenvalue weighted by molar-refractivity contribution is 5.86. The van der Waals surface area contributed by atoms with Gasteiger partial charge in [-0.2, -0.15) is 0 Å². The smallest absolute Gasteiger partial charge is 0.330 e. The summed E-state index contributed by atoms with van der Waals surface area (Å²) in [5.41, 5.74) is 0. The third kappa shape index (κ3) is 1.80. The molecule has 0 N–H and O–H groups in total. The summed E-state index contributed by atoms with van der Waals surface area (Å²) < 4.78 is 4.75. The van der Waals surface area contributed by atoms with Gasteiger partial charge in [-0.3, -0.25) is 9.80 Å². The van der Waals surface area contributed by atoms with Crippen LogP contribution < -0.4 is 0 Å². The molecular weight excluding hydrogens is 208 g/mol. The third-order valence-corrected chi connectivity index (χ3v) is 3.43. The molecule has 0 saturated carbocycles. The van der Waals surface area contributed by atoms with Crippen molar-refractivity contribution < 1.29 is 14.3 Å². The van der Waals surface area contributed by atoms with E-state index < -0.39 is 6.04 Å². The molecule has 0 unspecified atom stereocenters. The van der Waals surface area contributed by atoms with E-state index in [2.05, 4.69) is 0 Å². The van der Waals surface area contributed by atoms with Gasteiger partial charge in [0.2, 0.25) is 5.91 Å². The maximum atomic E-state index is 12.1. The molecule has 2 aliphatic heterocycles. The summed E-state index contributed by atoms with van der Waals surface area (Å²) >= 11 is 0. The SMILES string of the molecule is COC(=O)[C@@H]1CCN2CCC[C@H](C)C(=O)N12. The Balaban J connectivity index is 2.20. The summed E-state index contributed by atoms with van der Waals surface area (Å²) in [4.78, 5) is 23.7. The van der Waals surface area contributed by atoms with Gasteiger partial charge in [0.05, 0.1) is 7.11 Å². The highest BCUT2D eigenvalue weighted by Gasteiger charge is 2.42. The second-order valence-electron chi connectivity index (χ2n) is 4.51. The van der Waals surface area contributed by atoms with E-state index in [1.165, 1.54) is 7.11 Å². The maximum absolute atomic E-state index is 12.1. The lowest BCUT2D eigenvalue weighted by Gasteiger charge is -2.30. The number of nitrogens with zero attached hydrogens (tertiary/aromatic N) is 2. The monoisotopic (exact) mass is 226 g/mol. The number of rotatable bonds is 1. The fourth-order valence-electron chi connectivity index (χ4n) is 2.49. The van der Waals surface area contributed by atoms with Gasteiger partial charge in [0, 0.05) is 19.0 Å². The second kappa shape index (κ2) is 4.41. The molecule has 5 heteroatoms. The van der Waals surface area contributed by atoms with Crippen LogP contribution >= 0.6 is 0 Å². The molecule has 0 bridgehead atoms. The molecule has 1 amide bonds. The largest absolute Gasteiger partial charge is 0.467 e. The van der Waals surface area contributed by atoms with Gasteiger partial charge in [0.15, 0.2) is 0 Å². The zero-order valence-electron chi connectivity index (χ0n) is 9.81. The first-order valence-corrected chi connectivity index (χ1v) is 5.81. The average Bonchev–Trinajstić information content (AvgIpc) is 2.65. The van der Waals surface area contributed by atoms with Crippen molar-refractivity contribution in [3.63, 3.8) is 0 Å². The molecular formula is C11H18N2O3. The van der Waals surface area contributed by atoms with Gasteiger partial charge in [0.25, 0.3) is 0 Å². The number of ether oxygens (including phenoxy) is 1. The number of carbonyl (C=O) groups is 2. The number of hydrogen-bond donors (Lipinski definition) is 0. The molecule has 2 atom stereocenters. The van der Waals surface area contributed by atoms with E-state index in [1.807, 2.05) is 11.9 Å². The van der Waals surface area contributed by atoms with E-state index in [9.17, 15) is 9.59 Å². The Kier molecular flexibility index (Phi) is 3.14. The molecule has 2 rings (SSSR count). The molecule has 16 heavy (non-hydrogen) atoms. The number of fused-ring (bicyclic) bond motifs is 1. The summed E-state index contributed by atoms with van der Waals surface area (Å²) in [6.45, 7) is 3.57. The molecule has 2 saturated heterocycles. The fraction of sp³-hybridized carbons (Fsp3) is 0.818. The number of esters is 1. The van der Waals surface area contributed by atoms with Crippen molar-refractivity contribution in [2.24, 2.45) is 5.92 Å². The van der Waals surface area contributed by atoms with Gasteiger partial charge in [-0.15, -0.1) is 0 Å². The average molecular weight is 226 g/mol. The van der Waals surface area contributed by atoms with Crippen molar-refractivity contribution in [3.8, 4) is 0 Å². The van der Waals surface area contributed by atoms with Crippen LogP contribution in [0.3, 0.4) is 0 Å². The Labute approximate surface area is 95.3 Å². The normalized spacial score (nSPS) is 31.1. The number of amides is 1. The molecule has 2 aliphatic rings. The first kappa shape index (κ1) is 11.4. The Morgan fingerprint density at radius 1 is 1.38 bits per heavy atom. The van der Waals surface area contributed by atoms with Crippen molar-refractivity contribution in [1.29, 1.82) is 0 Å². The van der Waals surface area contributed by atoms with Crippen LogP contribution in [-0.2, 0) is 14.3 Å². The molecule has 0 aliphatic carbocycles. The first-order valence-electron chi connectivity index (χ1n) is 5.81.